The molecule has 0 aromatic carbocycles. The number of pyridine rings is 2. The zero-order valence-electron chi connectivity index (χ0n) is 17.2. The van der Waals surface area contributed by atoms with Crippen LogP contribution in [0.3, 0.4) is 0 Å². The van der Waals surface area contributed by atoms with Gasteiger partial charge in [-0.3, -0.25) is 9.78 Å². The highest BCUT2D eigenvalue weighted by atomic mass is 19.1. The molecular formula is C23H24FN5O2. The molecule has 2 aliphatic carbocycles. The third-order valence-electron chi connectivity index (χ3n) is 6.82. The second kappa shape index (κ2) is 7.02. The highest BCUT2D eigenvalue weighted by molar-refractivity contribution is 5.98. The van der Waals surface area contributed by atoms with Crippen molar-refractivity contribution in [2.75, 3.05) is 5.73 Å². The molecule has 3 aliphatic rings. The first-order chi connectivity index (χ1) is 15.1. The number of anilines is 1. The van der Waals surface area contributed by atoms with Gasteiger partial charge in [0.05, 0.1) is 36.5 Å². The van der Waals surface area contributed by atoms with E-state index in [0.29, 0.717) is 41.9 Å². The van der Waals surface area contributed by atoms with Gasteiger partial charge in [0.25, 0.3) is 5.91 Å². The van der Waals surface area contributed by atoms with E-state index in [1.165, 1.54) is 0 Å². The van der Waals surface area contributed by atoms with Crippen molar-refractivity contribution in [1.82, 2.24) is 19.9 Å². The number of nitrogens with two attached hydrogens (primary N) is 1. The molecule has 0 unspecified atom stereocenters. The van der Waals surface area contributed by atoms with E-state index in [4.69, 9.17) is 10.5 Å². The maximum absolute atomic E-state index is 14.8. The molecule has 3 aromatic heterocycles. The quantitative estimate of drug-likeness (QED) is 0.653. The number of halogens is 1. The molecule has 3 aromatic rings. The molecule has 2 fully saturated rings. The molecule has 0 saturated heterocycles. The fourth-order valence-corrected chi connectivity index (χ4v) is 4.57. The van der Waals surface area contributed by atoms with Crippen molar-refractivity contribution in [3.8, 4) is 0 Å². The Hall–Kier alpha value is -3.00. The summed E-state index contributed by atoms with van der Waals surface area (Å²) < 4.78 is 20.3. The summed E-state index contributed by atoms with van der Waals surface area (Å²) in [4.78, 5) is 27.3. The van der Waals surface area contributed by atoms with E-state index >= 15 is 0 Å². The number of ether oxygens (including phenoxy) is 1. The van der Waals surface area contributed by atoms with Gasteiger partial charge < -0.3 is 20.4 Å². The number of hydrogen-bond acceptors (Lipinski definition) is 5. The van der Waals surface area contributed by atoms with Gasteiger partial charge in [0.2, 0.25) is 0 Å². The third-order valence-corrected chi connectivity index (χ3v) is 6.82. The lowest BCUT2D eigenvalue weighted by Crippen LogP contribution is -2.44. The Morgan fingerprint density at radius 2 is 2.03 bits per heavy atom. The standard InChI is InChI=1S/C23H24FN5O2/c24-17-6-13(12-4-5-12)8-26-20(17)9-29(14-2-1-3-14)23(30)19-7-18-21(27-19)15-10-31-11-16(15)22(25)28-18/h6-8,12,14,27H,1-5,9-11H2,(H2,25,28). The van der Waals surface area contributed by atoms with Crippen LogP contribution in [0.2, 0.25) is 0 Å². The number of nitrogens with one attached hydrogen (secondary N) is 1. The maximum Gasteiger partial charge on any atom is 0.270 e. The number of aromatic amines is 1. The Labute approximate surface area is 178 Å². The van der Waals surface area contributed by atoms with Crippen LogP contribution in [0.25, 0.3) is 11.0 Å². The second-order valence-corrected chi connectivity index (χ2v) is 8.88. The first-order valence-corrected chi connectivity index (χ1v) is 10.9. The number of nitrogen functional groups attached to an aromatic ring is 1. The summed E-state index contributed by atoms with van der Waals surface area (Å²) in [5, 5.41) is 0. The van der Waals surface area contributed by atoms with Gasteiger partial charge in [0.1, 0.15) is 17.3 Å². The zero-order chi connectivity index (χ0) is 21.1. The molecule has 1 aliphatic heterocycles. The summed E-state index contributed by atoms with van der Waals surface area (Å²) in [7, 11) is 0. The molecule has 0 atom stereocenters. The van der Waals surface area contributed by atoms with Crippen LogP contribution in [-0.2, 0) is 24.5 Å². The number of carbonyl (C=O) groups excluding carboxylic acids is 1. The predicted molar refractivity (Wildman–Crippen MR) is 113 cm³/mol. The highest BCUT2D eigenvalue weighted by Gasteiger charge is 2.32. The molecule has 6 rings (SSSR count). The lowest BCUT2D eigenvalue weighted by molar-refractivity contribution is 0.0545. The molecule has 2 saturated carbocycles. The smallest absolute Gasteiger partial charge is 0.270 e. The van der Waals surface area contributed by atoms with E-state index in [1.807, 2.05) is 0 Å². The summed E-state index contributed by atoms with van der Waals surface area (Å²) >= 11 is 0. The van der Waals surface area contributed by atoms with Crippen molar-refractivity contribution in [2.24, 2.45) is 0 Å². The molecule has 160 valence electrons. The Bertz CT molecular complexity index is 1200. The van der Waals surface area contributed by atoms with Crippen LogP contribution >= 0.6 is 0 Å². The predicted octanol–water partition coefficient (Wildman–Crippen LogP) is 3.78. The fourth-order valence-electron chi connectivity index (χ4n) is 4.57. The minimum absolute atomic E-state index is 0.0929. The van der Waals surface area contributed by atoms with Crippen LogP contribution in [-0.4, -0.2) is 31.8 Å². The molecule has 8 heteroatoms. The lowest BCUT2D eigenvalue weighted by atomic mass is 9.91. The Kier molecular flexibility index (Phi) is 4.24. The largest absolute Gasteiger partial charge is 0.383 e. The number of fused-ring (bicyclic) bond motifs is 3. The summed E-state index contributed by atoms with van der Waals surface area (Å²) in [6, 6.07) is 3.41. The van der Waals surface area contributed by atoms with E-state index < -0.39 is 0 Å². The average Bonchev–Trinajstić information content (AvgIpc) is 3.28. The number of hydrogen-bond donors (Lipinski definition) is 2. The summed E-state index contributed by atoms with van der Waals surface area (Å²) in [6.45, 7) is 1.04. The van der Waals surface area contributed by atoms with E-state index in [1.54, 1.807) is 23.2 Å². The van der Waals surface area contributed by atoms with Crippen molar-refractivity contribution >= 4 is 22.8 Å². The highest BCUT2D eigenvalue weighted by Crippen LogP contribution is 2.40. The maximum atomic E-state index is 14.8. The first-order valence-electron chi connectivity index (χ1n) is 10.9. The number of aromatic nitrogens is 3. The molecule has 3 N–H and O–H groups in total. The van der Waals surface area contributed by atoms with Crippen LogP contribution in [0.4, 0.5) is 10.2 Å². The number of nitrogens with zero attached hydrogens (tertiary/aromatic N) is 3. The average molecular weight is 421 g/mol. The molecule has 4 heterocycles. The minimum Gasteiger partial charge on any atom is -0.383 e. The second-order valence-electron chi connectivity index (χ2n) is 8.88. The number of rotatable bonds is 5. The monoisotopic (exact) mass is 421 g/mol. The molecule has 0 radical (unpaired) electrons. The lowest BCUT2D eigenvalue weighted by Gasteiger charge is -2.37. The van der Waals surface area contributed by atoms with Gasteiger partial charge in [-0.15, -0.1) is 0 Å². The number of H-pyrrole nitrogens is 1. The van der Waals surface area contributed by atoms with Crippen molar-refractivity contribution in [3.63, 3.8) is 0 Å². The molecule has 0 bridgehead atoms. The fraction of sp³-hybridized carbons (Fsp3) is 0.435. The van der Waals surface area contributed by atoms with E-state index in [9.17, 15) is 9.18 Å². The Morgan fingerprint density at radius 1 is 1.23 bits per heavy atom. The number of carbonyl (C=O) groups is 1. The Balaban J connectivity index is 1.33. The van der Waals surface area contributed by atoms with E-state index in [2.05, 4.69) is 15.0 Å². The van der Waals surface area contributed by atoms with Crippen molar-refractivity contribution < 1.29 is 13.9 Å². The minimum atomic E-state index is -0.331. The third kappa shape index (κ3) is 3.17. The van der Waals surface area contributed by atoms with Gasteiger partial charge >= 0.3 is 0 Å². The van der Waals surface area contributed by atoms with Crippen molar-refractivity contribution in [1.29, 1.82) is 0 Å². The van der Waals surface area contributed by atoms with Crippen LogP contribution in [0.5, 0.6) is 0 Å². The topological polar surface area (TPSA) is 97.1 Å². The summed E-state index contributed by atoms with van der Waals surface area (Å²) in [5.41, 5.74) is 11.1. The van der Waals surface area contributed by atoms with Crippen LogP contribution < -0.4 is 5.73 Å². The summed E-state index contributed by atoms with van der Waals surface area (Å²) in [6.07, 6.45) is 6.87. The molecule has 31 heavy (non-hydrogen) atoms. The van der Waals surface area contributed by atoms with Crippen LogP contribution in [0.15, 0.2) is 18.3 Å². The van der Waals surface area contributed by atoms with Gasteiger partial charge in [-0.1, -0.05) is 0 Å². The van der Waals surface area contributed by atoms with E-state index in [0.717, 1.165) is 54.3 Å². The van der Waals surface area contributed by atoms with Gasteiger partial charge in [0, 0.05) is 23.4 Å². The molecule has 0 spiro atoms. The first kappa shape index (κ1) is 18.7. The van der Waals surface area contributed by atoms with Crippen LogP contribution in [0, 0.1) is 5.82 Å². The SMILES string of the molecule is Nc1nc2cc(C(=O)N(Cc3ncc(C4CC4)cc3F)C3CCC3)[nH]c2c2c1COC2. The van der Waals surface area contributed by atoms with Gasteiger partial charge in [-0.05, 0) is 55.7 Å². The van der Waals surface area contributed by atoms with Gasteiger partial charge in [0.15, 0.2) is 0 Å². The zero-order valence-corrected chi connectivity index (χ0v) is 17.2. The van der Waals surface area contributed by atoms with E-state index in [-0.39, 0.29) is 24.3 Å². The number of amides is 1. The van der Waals surface area contributed by atoms with Crippen LogP contribution in [0.1, 0.15) is 70.9 Å². The van der Waals surface area contributed by atoms with Gasteiger partial charge in [-0.25, -0.2) is 9.37 Å². The molecular weight excluding hydrogens is 397 g/mol. The molecule has 7 nitrogen and oxygen atoms in total. The normalized spacial score (nSPS) is 18.2. The summed E-state index contributed by atoms with van der Waals surface area (Å²) in [5.74, 6) is 0.386. The van der Waals surface area contributed by atoms with Crippen molar-refractivity contribution in [2.45, 2.75) is 63.8 Å². The van der Waals surface area contributed by atoms with Gasteiger partial charge in [-0.2, -0.15) is 0 Å². The molecule has 1 amide bonds. The Morgan fingerprint density at radius 3 is 2.74 bits per heavy atom. The van der Waals surface area contributed by atoms with Crippen molar-refractivity contribution in [3.05, 3.63) is 52.2 Å².